The van der Waals surface area contributed by atoms with Crippen LogP contribution >= 0.6 is 0 Å². The van der Waals surface area contributed by atoms with Crippen molar-refractivity contribution in [1.29, 1.82) is 0 Å². The second kappa shape index (κ2) is 10.3. The fourth-order valence-corrected chi connectivity index (χ4v) is 11.0. The van der Waals surface area contributed by atoms with Crippen LogP contribution in [0.3, 0.4) is 0 Å². The minimum absolute atomic E-state index is 0.109. The van der Waals surface area contributed by atoms with Crippen LogP contribution in [0.2, 0.25) is 0 Å². The Balaban J connectivity index is 1.11. The molecule has 0 bridgehead atoms. The molecular weight excluding hydrogens is 510 g/mol. The van der Waals surface area contributed by atoms with Crippen LogP contribution in [0.25, 0.3) is 0 Å². The number of ether oxygens (including phenoxy) is 2. The van der Waals surface area contributed by atoms with Crippen molar-refractivity contribution in [3.8, 4) is 0 Å². The van der Waals surface area contributed by atoms with Gasteiger partial charge < -0.3 is 9.47 Å². The molecule has 2 saturated heterocycles. The number of nitrogens with one attached hydrogen (secondary N) is 1. The molecule has 41 heavy (non-hydrogen) atoms. The van der Waals surface area contributed by atoms with Gasteiger partial charge in [0.2, 0.25) is 0 Å². The largest absolute Gasteiger partial charge is 0.515 e. The Labute approximate surface area is 246 Å². The van der Waals surface area contributed by atoms with E-state index in [1.54, 1.807) is 11.1 Å². The highest BCUT2D eigenvalue weighted by atomic mass is 16.6. The van der Waals surface area contributed by atoms with E-state index in [1.165, 1.54) is 25.7 Å². The first kappa shape index (κ1) is 27.8. The molecule has 1 aromatic carbocycles. The van der Waals surface area contributed by atoms with Crippen molar-refractivity contribution < 1.29 is 24.0 Å². The number of Topliss-reactive ketones (excluding diaryl/α,β-unsaturated/α-hetero) is 1. The van der Waals surface area contributed by atoms with Crippen molar-refractivity contribution in [2.24, 2.45) is 40.9 Å². The van der Waals surface area contributed by atoms with Gasteiger partial charge in [0.25, 0.3) is 0 Å². The average molecular weight is 561 g/mol. The lowest BCUT2D eigenvalue weighted by Crippen LogP contribution is -3.21. The number of piperidine rings is 1. The Morgan fingerprint density at radius 2 is 1.90 bits per heavy atom. The van der Waals surface area contributed by atoms with Gasteiger partial charge in [-0.15, -0.1) is 0 Å². The Morgan fingerprint density at radius 3 is 2.71 bits per heavy atom. The van der Waals surface area contributed by atoms with Gasteiger partial charge in [0, 0.05) is 24.7 Å². The number of carbonyl (C=O) groups is 2. The maximum atomic E-state index is 13.5. The minimum atomic E-state index is -0.181. The molecule has 1 amide bonds. The highest BCUT2D eigenvalue weighted by Gasteiger charge is 2.62. The van der Waals surface area contributed by atoms with E-state index in [0.717, 1.165) is 67.4 Å². The monoisotopic (exact) mass is 560 g/mol. The molecule has 1 aromatic rings. The Kier molecular flexibility index (Phi) is 7.01. The van der Waals surface area contributed by atoms with Crippen LogP contribution in [0.5, 0.6) is 0 Å². The minimum Gasteiger partial charge on any atom is -0.415 e. The molecule has 1 spiro atoms. The summed E-state index contributed by atoms with van der Waals surface area (Å²) in [5.41, 5.74) is 4.49. The van der Waals surface area contributed by atoms with Crippen LogP contribution in [0.1, 0.15) is 97.5 Å². The highest BCUT2D eigenvalue weighted by Crippen LogP contribution is 2.64. The number of likely N-dealkylation sites (tertiary alicyclic amines) is 1. The number of allylic oxidation sites excluding steroid dienone is 1. The van der Waals surface area contributed by atoms with Gasteiger partial charge in [-0.05, 0) is 92.9 Å². The number of alkyl carbamates (subject to hydrolysis) is 2. The van der Waals surface area contributed by atoms with Gasteiger partial charge in [0.05, 0.1) is 12.1 Å². The third kappa shape index (κ3) is 4.56. The van der Waals surface area contributed by atoms with Crippen molar-refractivity contribution >= 4 is 11.9 Å². The Hall–Kier alpha value is -1.98. The molecule has 222 valence electrons. The summed E-state index contributed by atoms with van der Waals surface area (Å²) < 4.78 is 13.1. The van der Waals surface area contributed by atoms with Crippen LogP contribution in [0, 0.1) is 40.9 Å². The molecule has 2 heterocycles. The zero-order valence-electron chi connectivity index (χ0n) is 25.6. The van der Waals surface area contributed by atoms with Gasteiger partial charge >= 0.3 is 6.09 Å². The molecule has 4 aliphatic carbocycles. The van der Waals surface area contributed by atoms with E-state index in [2.05, 4.69) is 27.7 Å². The maximum Gasteiger partial charge on any atom is 0.515 e. The third-order valence-electron chi connectivity index (χ3n) is 13.2. The molecule has 1 N–H and O–H groups in total. The molecule has 11 atom stereocenters. The first-order valence-electron chi connectivity index (χ1n) is 16.6. The highest BCUT2D eigenvalue weighted by molar-refractivity contribution is 5.79. The normalized spacial score (nSPS) is 45.5. The molecule has 5 nitrogen and oxygen atoms in total. The first-order valence-corrected chi connectivity index (χ1v) is 16.6. The quantitative estimate of drug-likeness (QED) is 0.431. The molecule has 6 aliphatic rings. The average Bonchev–Trinajstić information content (AvgIpc) is 3.42. The second-order valence-corrected chi connectivity index (χ2v) is 15.3. The second-order valence-electron chi connectivity index (χ2n) is 15.3. The molecule has 1 unspecified atom stereocenters. The standard InChI is InChI=1S/C36H49NO4/c1-22-16-32-33(37(20-22)34(39)40-21-25-8-6-5-7-9-25)24(3)36(41-32)15-13-28-29-11-10-26-17-27(38)12-14-35(26,4)31(29)18-30(28)23(2)19-36/h5-9,22,24,26,28-29,31-33H,10-21H2,1-4H3/p+1/t22-,24+,26+,28-,29-,31-,32+,33-,35-,36-/m0/s1. The van der Waals surface area contributed by atoms with E-state index < -0.39 is 0 Å². The predicted octanol–water partition coefficient (Wildman–Crippen LogP) is 6.31. The lowest BCUT2D eigenvalue weighted by Gasteiger charge is -2.52. The summed E-state index contributed by atoms with van der Waals surface area (Å²) >= 11 is 0. The van der Waals surface area contributed by atoms with E-state index in [4.69, 9.17) is 9.47 Å². The maximum absolute atomic E-state index is 13.5. The SMILES string of the molecule is CC1=C2C[C@H]3[C@@H](CC[C@@H]4CC(=O)CC[C@@]43C)[C@@H]2CC[C@@]2(C1)O[C@@H]1C[C@H](C)C[NH+](C(=O)OCc3ccccc3)[C@H]1[C@H]2C. The summed E-state index contributed by atoms with van der Waals surface area (Å²) in [5.74, 6) is 4.01. The number of rotatable bonds is 2. The predicted molar refractivity (Wildman–Crippen MR) is 158 cm³/mol. The van der Waals surface area contributed by atoms with Gasteiger partial charge in [0.15, 0.2) is 0 Å². The van der Waals surface area contributed by atoms with Crippen LogP contribution in [-0.2, 0) is 20.9 Å². The lowest BCUT2D eigenvalue weighted by molar-refractivity contribution is -0.867. The lowest BCUT2D eigenvalue weighted by atomic mass is 9.52. The van der Waals surface area contributed by atoms with Gasteiger partial charge in [0.1, 0.15) is 24.5 Å². The number of ketones is 1. The fraction of sp³-hybridized carbons (Fsp3) is 0.722. The molecule has 0 radical (unpaired) electrons. The smallest absolute Gasteiger partial charge is 0.415 e. The third-order valence-corrected chi connectivity index (χ3v) is 13.2. The summed E-state index contributed by atoms with van der Waals surface area (Å²) in [7, 11) is 0. The van der Waals surface area contributed by atoms with Crippen LogP contribution in [-0.4, -0.2) is 36.2 Å². The molecular formula is C36H50NO4+. The van der Waals surface area contributed by atoms with E-state index in [1.807, 2.05) is 30.3 Å². The number of quaternary nitrogens is 1. The van der Waals surface area contributed by atoms with Crippen molar-refractivity contribution in [3.63, 3.8) is 0 Å². The summed E-state index contributed by atoms with van der Waals surface area (Å²) in [5, 5.41) is 0. The topological polar surface area (TPSA) is 57.0 Å². The van der Waals surface area contributed by atoms with Crippen LogP contribution in [0.15, 0.2) is 41.5 Å². The van der Waals surface area contributed by atoms with Gasteiger partial charge in [-0.2, -0.15) is 4.79 Å². The number of hydrogen-bond donors (Lipinski definition) is 1. The zero-order chi connectivity index (χ0) is 28.5. The summed E-state index contributed by atoms with van der Waals surface area (Å²) in [4.78, 5) is 26.8. The van der Waals surface area contributed by atoms with Gasteiger partial charge in [-0.1, -0.05) is 62.2 Å². The number of benzene rings is 1. The van der Waals surface area contributed by atoms with E-state index >= 15 is 0 Å². The van der Waals surface area contributed by atoms with Crippen LogP contribution in [0.4, 0.5) is 4.79 Å². The first-order chi connectivity index (χ1) is 19.7. The zero-order valence-corrected chi connectivity index (χ0v) is 25.6. The van der Waals surface area contributed by atoms with Gasteiger partial charge in [-0.3, -0.25) is 4.79 Å². The van der Waals surface area contributed by atoms with Crippen molar-refractivity contribution in [2.75, 3.05) is 6.54 Å². The summed E-state index contributed by atoms with van der Waals surface area (Å²) in [6.07, 6.45) is 10.8. The van der Waals surface area contributed by atoms with Crippen molar-refractivity contribution in [3.05, 3.63) is 47.0 Å². The number of carbonyl (C=O) groups excluding carboxylic acids is 2. The van der Waals surface area contributed by atoms with Gasteiger partial charge in [-0.25, -0.2) is 4.90 Å². The molecule has 0 aromatic heterocycles. The Bertz CT molecular complexity index is 1230. The number of hydrogen-bond acceptors (Lipinski definition) is 4. The van der Waals surface area contributed by atoms with E-state index in [9.17, 15) is 9.59 Å². The molecule has 2 aliphatic heterocycles. The fourth-order valence-electron chi connectivity index (χ4n) is 11.0. The summed E-state index contributed by atoms with van der Waals surface area (Å²) in [6.45, 7) is 10.7. The molecule has 7 rings (SSSR count). The van der Waals surface area contributed by atoms with E-state index in [0.29, 0.717) is 41.5 Å². The van der Waals surface area contributed by atoms with Crippen LogP contribution < -0.4 is 4.90 Å². The number of fused-ring (bicyclic) bond motifs is 6. The van der Waals surface area contributed by atoms with Crippen molar-refractivity contribution in [1.82, 2.24) is 0 Å². The summed E-state index contributed by atoms with van der Waals surface area (Å²) in [6, 6.07) is 10.2. The molecule has 3 saturated carbocycles. The Morgan fingerprint density at radius 1 is 1.10 bits per heavy atom. The van der Waals surface area contributed by atoms with Crippen molar-refractivity contribution in [2.45, 2.75) is 116 Å². The molecule has 5 fully saturated rings. The van der Waals surface area contributed by atoms with E-state index in [-0.39, 0.29) is 23.8 Å². The molecule has 5 heteroatoms. The number of amides is 1.